The number of nitrogens with zero attached hydrogens (tertiary/aromatic N) is 2. The molecule has 0 aliphatic carbocycles. The van der Waals surface area contributed by atoms with Gasteiger partial charge in [0.1, 0.15) is 0 Å². The maximum Gasteiger partial charge on any atom is 0.215 e. The number of hydrogen-bond acceptors (Lipinski definition) is 4. The Morgan fingerprint density at radius 2 is 2.00 bits per heavy atom. The lowest BCUT2D eigenvalue weighted by Crippen LogP contribution is -1.96. The maximum atomic E-state index is 5.76. The highest BCUT2D eigenvalue weighted by molar-refractivity contribution is 7.71. The minimum absolute atomic E-state index is 0.342. The number of halogens is 1. The molecule has 6 heteroatoms. The molecule has 0 saturated carbocycles. The zero-order valence-electron chi connectivity index (χ0n) is 7.57. The highest BCUT2D eigenvalue weighted by Gasteiger charge is 1.95. The average Bonchev–Trinajstić information content (AvgIpc) is 2.22. The van der Waals surface area contributed by atoms with Gasteiger partial charge in [-0.05, 0) is 36.5 Å². The molecule has 1 aromatic carbocycles. The Balaban J connectivity index is 2.22. The summed E-state index contributed by atoms with van der Waals surface area (Å²) in [5, 5.41) is 10.1. The Kier molecular flexibility index (Phi) is 2.94. The van der Waals surface area contributed by atoms with Crippen LogP contribution in [0.15, 0.2) is 30.5 Å². The molecule has 1 heterocycles. The third-order valence-electron chi connectivity index (χ3n) is 1.69. The van der Waals surface area contributed by atoms with Gasteiger partial charge in [-0.2, -0.15) is 10.1 Å². The van der Waals surface area contributed by atoms with E-state index in [-0.39, 0.29) is 0 Å². The zero-order valence-corrected chi connectivity index (χ0v) is 9.14. The monoisotopic (exact) mass is 238 g/mol. The Hall–Kier alpha value is -1.46. The van der Waals surface area contributed by atoms with Crippen molar-refractivity contribution in [1.29, 1.82) is 0 Å². The summed E-state index contributed by atoms with van der Waals surface area (Å²) in [6, 6.07) is 7.29. The summed E-state index contributed by atoms with van der Waals surface area (Å²) in [6.45, 7) is 0. The van der Waals surface area contributed by atoms with Crippen molar-refractivity contribution in [1.82, 2.24) is 15.2 Å². The summed E-state index contributed by atoms with van der Waals surface area (Å²) < 4.78 is 0.342. The van der Waals surface area contributed by atoms with Crippen molar-refractivity contribution in [2.75, 3.05) is 5.32 Å². The van der Waals surface area contributed by atoms with Gasteiger partial charge in [-0.1, -0.05) is 11.6 Å². The fraction of sp³-hybridized carbons (Fsp3) is 0. The van der Waals surface area contributed by atoms with Crippen molar-refractivity contribution >= 4 is 35.3 Å². The van der Waals surface area contributed by atoms with E-state index in [9.17, 15) is 0 Å². The van der Waals surface area contributed by atoms with Crippen molar-refractivity contribution in [2.24, 2.45) is 0 Å². The van der Waals surface area contributed by atoms with Crippen LogP contribution in [0.2, 0.25) is 5.02 Å². The van der Waals surface area contributed by atoms with Gasteiger partial charge in [0.15, 0.2) is 5.82 Å². The molecule has 2 N–H and O–H groups in total. The highest BCUT2D eigenvalue weighted by Crippen LogP contribution is 2.16. The van der Waals surface area contributed by atoms with Crippen molar-refractivity contribution in [3.63, 3.8) is 0 Å². The molecule has 0 aliphatic heterocycles. The van der Waals surface area contributed by atoms with Gasteiger partial charge in [0, 0.05) is 10.7 Å². The van der Waals surface area contributed by atoms with Crippen LogP contribution in [-0.4, -0.2) is 15.2 Å². The number of hydrogen-bond donors (Lipinski definition) is 2. The lowest BCUT2D eigenvalue weighted by molar-refractivity contribution is 0.953. The predicted octanol–water partition coefficient (Wildman–Crippen LogP) is 2.93. The Bertz CT molecular complexity index is 508. The van der Waals surface area contributed by atoms with Gasteiger partial charge in [-0.3, -0.25) is 5.10 Å². The molecule has 0 fully saturated rings. The van der Waals surface area contributed by atoms with Crippen LogP contribution in [-0.2, 0) is 0 Å². The third kappa shape index (κ3) is 2.74. The molecule has 0 atom stereocenters. The molecule has 0 aliphatic rings. The van der Waals surface area contributed by atoms with E-state index >= 15 is 0 Å². The first kappa shape index (κ1) is 10.1. The number of H-pyrrole nitrogens is 1. The molecular formula is C9H7ClN4S. The second-order valence-corrected chi connectivity index (χ2v) is 3.63. The van der Waals surface area contributed by atoms with Gasteiger partial charge in [-0.15, -0.1) is 0 Å². The smallest absolute Gasteiger partial charge is 0.215 e. The topological polar surface area (TPSA) is 53.6 Å². The van der Waals surface area contributed by atoms with E-state index in [1.165, 1.54) is 0 Å². The first-order valence-electron chi connectivity index (χ1n) is 4.18. The summed E-state index contributed by atoms with van der Waals surface area (Å²) in [6.07, 6.45) is 1.56. The molecule has 15 heavy (non-hydrogen) atoms. The summed E-state index contributed by atoms with van der Waals surface area (Å²) in [5.74, 6) is 0.598. The zero-order chi connectivity index (χ0) is 10.7. The van der Waals surface area contributed by atoms with Gasteiger partial charge < -0.3 is 5.32 Å². The van der Waals surface area contributed by atoms with Crippen LogP contribution in [0.3, 0.4) is 0 Å². The fourth-order valence-corrected chi connectivity index (χ4v) is 1.33. The number of anilines is 2. The number of aromatic nitrogens is 3. The number of nitrogens with one attached hydrogen (secondary N) is 2. The molecule has 0 bridgehead atoms. The Labute approximate surface area is 96.3 Å². The van der Waals surface area contributed by atoms with E-state index in [0.29, 0.717) is 15.6 Å². The Morgan fingerprint density at radius 3 is 2.67 bits per heavy atom. The van der Waals surface area contributed by atoms with E-state index in [1.807, 2.05) is 12.1 Å². The summed E-state index contributed by atoms with van der Waals surface area (Å²) in [7, 11) is 0. The van der Waals surface area contributed by atoms with Gasteiger partial charge in [0.05, 0.1) is 6.20 Å². The number of benzene rings is 1. The predicted molar refractivity (Wildman–Crippen MR) is 62.0 cm³/mol. The van der Waals surface area contributed by atoms with E-state index in [0.717, 1.165) is 5.69 Å². The molecule has 1 aromatic heterocycles. The van der Waals surface area contributed by atoms with Crippen molar-refractivity contribution in [3.8, 4) is 0 Å². The molecule has 2 rings (SSSR count). The molecule has 0 saturated heterocycles. The Morgan fingerprint density at radius 1 is 1.27 bits per heavy atom. The van der Waals surface area contributed by atoms with Crippen LogP contribution in [0.25, 0.3) is 0 Å². The first-order chi connectivity index (χ1) is 7.24. The average molecular weight is 239 g/mol. The minimum atomic E-state index is 0.342. The molecule has 76 valence electrons. The van der Waals surface area contributed by atoms with E-state index in [2.05, 4.69) is 20.5 Å². The quantitative estimate of drug-likeness (QED) is 0.790. The van der Waals surface area contributed by atoms with Crippen LogP contribution in [0.4, 0.5) is 11.5 Å². The van der Waals surface area contributed by atoms with Crippen LogP contribution >= 0.6 is 23.8 Å². The highest BCUT2D eigenvalue weighted by atomic mass is 35.5. The first-order valence-corrected chi connectivity index (χ1v) is 4.97. The molecule has 0 radical (unpaired) electrons. The van der Waals surface area contributed by atoms with Crippen molar-refractivity contribution in [2.45, 2.75) is 0 Å². The molecule has 2 aromatic rings. The normalized spacial score (nSPS) is 9.93. The molecular weight excluding hydrogens is 232 g/mol. The largest absolute Gasteiger partial charge is 0.339 e. The lowest BCUT2D eigenvalue weighted by atomic mass is 10.3. The number of rotatable bonds is 2. The molecule has 0 amide bonds. The standard InChI is InChI=1S/C9H7ClN4S/c10-6-1-3-7(4-2-6)12-8-5-11-14-9(15)13-8/h1-5H,(H2,12,13,14,15). The second kappa shape index (κ2) is 4.37. The van der Waals surface area contributed by atoms with Gasteiger partial charge in [0.25, 0.3) is 0 Å². The van der Waals surface area contributed by atoms with E-state index in [1.54, 1.807) is 18.3 Å². The summed E-state index contributed by atoms with van der Waals surface area (Å²) >= 11 is 10.6. The van der Waals surface area contributed by atoms with Crippen LogP contribution in [0.1, 0.15) is 0 Å². The van der Waals surface area contributed by atoms with Crippen molar-refractivity contribution < 1.29 is 0 Å². The van der Waals surface area contributed by atoms with Crippen LogP contribution < -0.4 is 5.32 Å². The lowest BCUT2D eigenvalue weighted by Gasteiger charge is -2.03. The summed E-state index contributed by atoms with van der Waals surface area (Å²) in [4.78, 5) is 4.04. The van der Waals surface area contributed by atoms with Gasteiger partial charge in [-0.25, -0.2) is 0 Å². The third-order valence-corrected chi connectivity index (χ3v) is 2.12. The summed E-state index contributed by atoms with van der Waals surface area (Å²) in [5.41, 5.74) is 0.884. The van der Waals surface area contributed by atoms with Gasteiger partial charge >= 0.3 is 0 Å². The SMILES string of the molecule is S=c1nc(Nc2ccc(Cl)cc2)cn[nH]1. The second-order valence-electron chi connectivity index (χ2n) is 2.80. The van der Waals surface area contributed by atoms with E-state index in [4.69, 9.17) is 23.8 Å². The number of aromatic amines is 1. The van der Waals surface area contributed by atoms with E-state index < -0.39 is 0 Å². The van der Waals surface area contributed by atoms with Gasteiger partial charge in [0.2, 0.25) is 4.77 Å². The maximum absolute atomic E-state index is 5.76. The minimum Gasteiger partial charge on any atom is -0.339 e. The molecule has 0 spiro atoms. The fourth-order valence-electron chi connectivity index (χ4n) is 1.05. The van der Waals surface area contributed by atoms with Crippen molar-refractivity contribution in [3.05, 3.63) is 40.3 Å². The van der Waals surface area contributed by atoms with Crippen LogP contribution in [0, 0.1) is 4.77 Å². The molecule has 0 unspecified atom stereocenters. The molecule has 4 nitrogen and oxygen atoms in total. The van der Waals surface area contributed by atoms with Crippen LogP contribution in [0.5, 0.6) is 0 Å².